The quantitative estimate of drug-likeness (QED) is 0.905. The van der Waals surface area contributed by atoms with Crippen molar-refractivity contribution in [3.8, 4) is 11.5 Å². The zero-order chi connectivity index (χ0) is 13.1. The minimum absolute atomic E-state index is 0.0932. The summed E-state index contributed by atoms with van der Waals surface area (Å²) in [7, 11) is 0. The molecule has 1 spiro atoms. The largest absolute Gasteiger partial charge is 0.494 e. The number of nitrogens with one attached hydrogen (secondary N) is 1. The van der Waals surface area contributed by atoms with E-state index in [0.717, 1.165) is 56.0 Å². The fourth-order valence-corrected chi connectivity index (χ4v) is 2.67. The second-order valence-corrected chi connectivity index (χ2v) is 5.30. The standard InChI is InChI=1S/C16H21NO2/c1-2-11-18-14-3-4-15-13(12-14)5-6-16(19-15)7-9-17-10-8-16/h3-6,12,17H,2,7-11H2,1H3. The SMILES string of the molecule is CCCOc1ccc2c(c1)C=CC1(CCNCC1)O2. The summed E-state index contributed by atoms with van der Waals surface area (Å²) in [6, 6.07) is 6.10. The maximum atomic E-state index is 6.24. The molecular formula is C16H21NO2. The Morgan fingerprint density at radius 1 is 1.32 bits per heavy atom. The molecule has 0 aliphatic carbocycles. The Balaban J connectivity index is 1.79. The van der Waals surface area contributed by atoms with Crippen LogP contribution in [0.5, 0.6) is 11.5 Å². The smallest absolute Gasteiger partial charge is 0.130 e. The lowest BCUT2D eigenvalue weighted by Gasteiger charge is -2.38. The van der Waals surface area contributed by atoms with Gasteiger partial charge in [0, 0.05) is 18.4 Å². The van der Waals surface area contributed by atoms with E-state index in [1.54, 1.807) is 0 Å². The molecule has 3 rings (SSSR count). The molecule has 2 heterocycles. The third-order valence-electron chi connectivity index (χ3n) is 3.78. The van der Waals surface area contributed by atoms with Crippen molar-refractivity contribution < 1.29 is 9.47 Å². The predicted octanol–water partition coefficient (Wildman–Crippen LogP) is 3.00. The van der Waals surface area contributed by atoms with Crippen LogP contribution in [0.15, 0.2) is 24.3 Å². The highest BCUT2D eigenvalue weighted by Gasteiger charge is 2.34. The second-order valence-electron chi connectivity index (χ2n) is 5.30. The molecule has 2 aliphatic heterocycles. The van der Waals surface area contributed by atoms with Gasteiger partial charge in [0.05, 0.1) is 6.61 Å². The van der Waals surface area contributed by atoms with Gasteiger partial charge in [-0.05, 0) is 43.8 Å². The first kappa shape index (κ1) is 12.5. The molecule has 1 aromatic rings. The van der Waals surface area contributed by atoms with Crippen molar-refractivity contribution in [2.24, 2.45) is 0 Å². The first-order valence-electron chi connectivity index (χ1n) is 7.17. The maximum Gasteiger partial charge on any atom is 0.130 e. The summed E-state index contributed by atoms with van der Waals surface area (Å²) in [6.07, 6.45) is 7.51. The van der Waals surface area contributed by atoms with Gasteiger partial charge in [-0.25, -0.2) is 0 Å². The molecule has 1 saturated heterocycles. The van der Waals surface area contributed by atoms with Crippen LogP contribution in [0.1, 0.15) is 31.7 Å². The Morgan fingerprint density at radius 2 is 2.16 bits per heavy atom. The Bertz CT molecular complexity index is 476. The van der Waals surface area contributed by atoms with Crippen LogP contribution >= 0.6 is 0 Å². The van der Waals surface area contributed by atoms with Crippen molar-refractivity contribution in [3.63, 3.8) is 0 Å². The first-order chi connectivity index (χ1) is 9.31. The van der Waals surface area contributed by atoms with E-state index >= 15 is 0 Å². The Labute approximate surface area is 114 Å². The normalized spacial score (nSPS) is 19.8. The minimum atomic E-state index is -0.0932. The van der Waals surface area contributed by atoms with E-state index in [1.807, 2.05) is 12.1 Å². The van der Waals surface area contributed by atoms with Crippen LogP contribution in [0.3, 0.4) is 0 Å². The molecule has 3 heteroatoms. The topological polar surface area (TPSA) is 30.5 Å². The van der Waals surface area contributed by atoms with Crippen LogP contribution in [-0.4, -0.2) is 25.3 Å². The molecule has 1 fully saturated rings. The van der Waals surface area contributed by atoms with Gasteiger partial charge in [-0.3, -0.25) is 0 Å². The molecule has 2 aliphatic rings. The molecule has 19 heavy (non-hydrogen) atoms. The molecule has 3 nitrogen and oxygen atoms in total. The van der Waals surface area contributed by atoms with Crippen molar-refractivity contribution in [1.29, 1.82) is 0 Å². The van der Waals surface area contributed by atoms with Crippen LogP contribution in [-0.2, 0) is 0 Å². The zero-order valence-electron chi connectivity index (χ0n) is 11.4. The number of ether oxygens (including phenoxy) is 2. The third-order valence-corrected chi connectivity index (χ3v) is 3.78. The Hall–Kier alpha value is -1.48. The van der Waals surface area contributed by atoms with E-state index in [9.17, 15) is 0 Å². The summed E-state index contributed by atoms with van der Waals surface area (Å²) in [4.78, 5) is 0. The fourth-order valence-electron chi connectivity index (χ4n) is 2.67. The van der Waals surface area contributed by atoms with E-state index < -0.39 is 0 Å². The van der Waals surface area contributed by atoms with Crippen LogP contribution < -0.4 is 14.8 Å². The maximum absolute atomic E-state index is 6.24. The molecule has 0 bridgehead atoms. The average Bonchev–Trinajstić information content (AvgIpc) is 2.46. The van der Waals surface area contributed by atoms with Crippen LogP contribution in [0.25, 0.3) is 6.08 Å². The lowest BCUT2D eigenvalue weighted by Crippen LogP contribution is -2.45. The van der Waals surface area contributed by atoms with Crippen LogP contribution in [0.2, 0.25) is 0 Å². The van der Waals surface area contributed by atoms with E-state index in [-0.39, 0.29) is 5.60 Å². The molecular weight excluding hydrogens is 238 g/mol. The Morgan fingerprint density at radius 3 is 2.95 bits per heavy atom. The lowest BCUT2D eigenvalue weighted by atomic mass is 9.89. The van der Waals surface area contributed by atoms with Gasteiger partial charge in [0.15, 0.2) is 0 Å². The number of piperidine rings is 1. The van der Waals surface area contributed by atoms with E-state index in [4.69, 9.17) is 9.47 Å². The summed E-state index contributed by atoms with van der Waals surface area (Å²) in [5, 5.41) is 3.38. The highest BCUT2D eigenvalue weighted by atomic mass is 16.5. The highest BCUT2D eigenvalue weighted by Crippen LogP contribution is 2.37. The summed E-state index contributed by atoms with van der Waals surface area (Å²) >= 11 is 0. The molecule has 0 amide bonds. The molecule has 1 aromatic carbocycles. The molecule has 102 valence electrons. The zero-order valence-corrected chi connectivity index (χ0v) is 11.4. The summed E-state index contributed by atoms with van der Waals surface area (Å²) < 4.78 is 11.9. The van der Waals surface area contributed by atoms with Crippen molar-refractivity contribution in [2.75, 3.05) is 19.7 Å². The van der Waals surface area contributed by atoms with Crippen molar-refractivity contribution in [2.45, 2.75) is 31.8 Å². The number of hydrogen-bond donors (Lipinski definition) is 1. The van der Waals surface area contributed by atoms with Gasteiger partial charge < -0.3 is 14.8 Å². The molecule has 0 aromatic heterocycles. The monoisotopic (exact) mass is 259 g/mol. The summed E-state index contributed by atoms with van der Waals surface area (Å²) in [6.45, 7) is 4.93. The number of fused-ring (bicyclic) bond motifs is 1. The van der Waals surface area contributed by atoms with Crippen molar-refractivity contribution >= 4 is 6.08 Å². The third kappa shape index (κ3) is 2.61. The molecule has 0 radical (unpaired) electrons. The van der Waals surface area contributed by atoms with Crippen LogP contribution in [0, 0.1) is 0 Å². The predicted molar refractivity (Wildman–Crippen MR) is 76.7 cm³/mol. The lowest BCUT2D eigenvalue weighted by molar-refractivity contribution is 0.0822. The second kappa shape index (κ2) is 5.25. The van der Waals surface area contributed by atoms with Gasteiger partial charge in [0.25, 0.3) is 0 Å². The minimum Gasteiger partial charge on any atom is -0.494 e. The van der Waals surface area contributed by atoms with Gasteiger partial charge in [0.1, 0.15) is 17.1 Å². The van der Waals surface area contributed by atoms with Gasteiger partial charge in [-0.2, -0.15) is 0 Å². The number of rotatable bonds is 3. The van der Waals surface area contributed by atoms with Crippen LogP contribution in [0.4, 0.5) is 0 Å². The number of benzene rings is 1. The molecule has 0 unspecified atom stereocenters. The Kier molecular flexibility index (Phi) is 3.47. The van der Waals surface area contributed by atoms with Gasteiger partial charge in [-0.15, -0.1) is 0 Å². The first-order valence-corrected chi connectivity index (χ1v) is 7.17. The van der Waals surface area contributed by atoms with E-state index in [0.29, 0.717) is 0 Å². The molecule has 0 atom stereocenters. The summed E-state index contributed by atoms with van der Waals surface area (Å²) in [5.41, 5.74) is 1.03. The molecule has 0 saturated carbocycles. The van der Waals surface area contributed by atoms with Gasteiger partial charge in [0.2, 0.25) is 0 Å². The highest BCUT2D eigenvalue weighted by molar-refractivity contribution is 5.63. The summed E-state index contributed by atoms with van der Waals surface area (Å²) in [5.74, 6) is 1.91. The average molecular weight is 259 g/mol. The van der Waals surface area contributed by atoms with Gasteiger partial charge >= 0.3 is 0 Å². The fraction of sp³-hybridized carbons (Fsp3) is 0.500. The molecule has 1 N–H and O–H groups in total. The number of hydrogen-bond acceptors (Lipinski definition) is 3. The van der Waals surface area contributed by atoms with Crippen molar-refractivity contribution in [3.05, 3.63) is 29.8 Å². The van der Waals surface area contributed by atoms with Crippen molar-refractivity contribution in [1.82, 2.24) is 5.32 Å². The van der Waals surface area contributed by atoms with E-state index in [1.165, 1.54) is 0 Å². The van der Waals surface area contributed by atoms with E-state index in [2.05, 4.69) is 30.5 Å². The van der Waals surface area contributed by atoms with Gasteiger partial charge in [-0.1, -0.05) is 13.0 Å².